The molecule has 1 unspecified atom stereocenters. The SMILES string of the molecule is CCOC(=O)C([Se]c1ccccc1)c1ccc(CC)cc1. The fourth-order valence-corrected chi connectivity index (χ4v) is 4.22. The van der Waals surface area contributed by atoms with Crippen molar-refractivity contribution in [2.24, 2.45) is 0 Å². The molecule has 0 aromatic heterocycles. The van der Waals surface area contributed by atoms with Gasteiger partial charge >= 0.3 is 132 Å². The first kappa shape index (κ1) is 15.8. The average molecular weight is 347 g/mol. The van der Waals surface area contributed by atoms with Crippen LogP contribution in [-0.4, -0.2) is 27.5 Å². The first-order chi connectivity index (χ1) is 10.2. The first-order valence-corrected chi connectivity index (χ1v) is 9.06. The Hall–Kier alpha value is -1.57. The van der Waals surface area contributed by atoms with Crippen LogP contribution in [0.2, 0.25) is 0 Å². The summed E-state index contributed by atoms with van der Waals surface area (Å²) in [4.78, 5) is 12.1. The van der Waals surface area contributed by atoms with E-state index in [1.54, 1.807) is 0 Å². The summed E-state index contributed by atoms with van der Waals surface area (Å²) >= 11 is 0.0290. The Labute approximate surface area is 132 Å². The zero-order valence-corrected chi connectivity index (χ0v) is 14.1. The van der Waals surface area contributed by atoms with E-state index in [-0.39, 0.29) is 25.7 Å². The number of aryl methyl sites for hydroxylation is 1. The third kappa shape index (κ3) is 4.45. The van der Waals surface area contributed by atoms with Gasteiger partial charge in [0.15, 0.2) is 0 Å². The summed E-state index contributed by atoms with van der Waals surface area (Å²) in [5.74, 6) is -0.120. The molecule has 0 N–H and O–H groups in total. The zero-order chi connectivity index (χ0) is 15.1. The standard InChI is InChI=1S/C18H20O2Se/c1-3-14-10-12-15(13-11-14)17(18(19)20-4-2)21-16-8-6-5-7-9-16/h5-13,17H,3-4H2,1-2H3. The van der Waals surface area contributed by atoms with Crippen molar-refractivity contribution >= 4 is 25.4 Å². The van der Waals surface area contributed by atoms with Crippen molar-refractivity contribution in [3.8, 4) is 0 Å². The second-order valence-corrected chi connectivity index (χ2v) is 7.13. The molecule has 0 bridgehead atoms. The quantitative estimate of drug-likeness (QED) is 0.593. The monoisotopic (exact) mass is 348 g/mol. The second-order valence-electron chi connectivity index (χ2n) is 4.66. The van der Waals surface area contributed by atoms with E-state index in [0.717, 1.165) is 12.0 Å². The molecule has 0 saturated heterocycles. The number of carbonyl (C=O) groups is 1. The summed E-state index contributed by atoms with van der Waals surface area (Å²) in [7, 11) is 0. The molecule has 0 radical (unpaired) electrons. The molecule has 0 amide bonds. The van der Waals surface area contributed by atoms with Gasteiger partial charge in [0.2, 0.25) is 0 Å². The Morgan fingerprint density at radius 2 is 1.71 bits per heavy atom. The van der Waals surface area contributed by atoms with Crippen molar-refractivity contribution in [3.63, 3.8) is 0 Å². The summed E-state index contributed by atoms with van der Waals surface area (Å²) in [6.07, 6.45) is 1.01. The minimum absolute atomic E-state index is 0.0290. The molecule has 3 heteroatoms. The number of hydrogen-bond donors (Lipinski definition) is 0. The van der Waals surface area contributed by atoms with Gasteiger partial charge in [-0.3, -0.25) is 0 Å². The Bertz CT molecular complexity index is 564. The summed E-state index contributed by atoms with van der Waals surface area (Å²) in [6.45, 7) is 4.41. The number of hydrogen-bond acceptors (Lipinski definition) is 2. The molecule has 2 nitrogen and oxygen atoms in total. The molecule has 1 atom stereocenters. The van der Waals surface area contributed by atoms with Crippen LogP contribution < -0.4 is 4.46 Å². The van der Waals surface area contributed by atoms with Gasteiger partial charge in [-0.05, 0) is 0 Å². The topological polar surface area (TPSA) is 26.3 Å². The molecule has 2 aromatic carbocycles. The van der Waals surface area contributed by atoms with E-state index in [2.05, 4.69) is 43.3 Å². The van der Waals surface area contributed by atoms with Crippen molar-refractivity contribution in [1.29, 1.82) is 0 Å². The molecule has 0 aliphatic rings. The van der Waals surface area contributed by atoms with Crippen LogP contribution in [0.3, 0.4) is 0 Å². The van der Waals surface area contributed by atoms with Gasteiger partial charge < -0.3 is 0 Å². The minimum atomic E-state index is -0.175. The summed E-state index contributed by atoms with van der Waals surface area (Å²) in [5.41, 5.74) is 2.34. The van der Waals surface area contributed by atoms with E-state index in [9.17, 15) is 4.79 Å². The molecule has 0 aliphatic heterocycles. The van der Waals surface area contributed by atoms with Crippen LogP contribution >= 0.6 is 0 Å². The number of esters is 1. The van der Waals surface area contributed by atoms with E-state index in [1.165, 1.54) is 10.0 Å². The Morgan fingerprint density at radius 3 is 2.29 bits per heavy atom. The predicted octanol–water partition coefficient (Wildman–Crippen LogP) is 2.88. The van der Waals surface area contributed by atoms with Crippen LogP contribution in [0, 0.1) is 0 Å². The molecule has 0 aliphatic carbocycles. The molecule has 2 aromatic rings. The van der Waals surface area contributed by atoms with Crippen molar-refractivity contribution < 1.29 is 9.53 Å². The first-order valence-electron chi connectivity index (χ1n) is 7.21. The summed E-state index contributed by atoms with van der Waals surface area (Å²) in [6, 6.07) is 18.5. The van der Waals surface area contributed by atoms with E-state index >= 15 is 0 Å². The number of rotatable bonds is 6. The fourth-order valence-electron chi connectivity index (χ4n) is 2.03. The van der Waals surface area contributed by atoms with Gasteiger partial charge in [0.25, 0.3) is 0 Å². The van der Waals surface area contributed by atoms with Crippen molar-refractivity contribution in [1.82, 2.24) is 0 Å². The van der Waals surface area contributed by atoms with Gasteiger partial charge in [-0.2, -0.15) is 0 Å². The molecule has 0 saturated carbocycles. The van der Waals surface area contributed by atoms with E-state index < -0.39 is 0 Å². The van der Waals surface area contributed by atoms with Crippen LogP contribution in [0.15, 0.2) is 54.6 Å². The molecule has 110 valence electrons. The molecule has 0 heterocycles. The average Bonchev–Trinajstić information content (AvgIpc) is 2.54. The molecule has 2 rings (SSSR count). The maximum atomic E-state index is 12.3. The van der Waals surface area contributed by atoms with Crippen LogP contribution in [0.25, 0.3) is 0 Å². The van der Waals surface area contributed by atoms with Crippen molar-refractivity contribution in [2.75, 3.05) is 6.61 Å². The van der Waals surface area contributed by atoms with Crippen molar-refractivity contribution in [2.45, 2.75) is 25.1 Å². The number of ether oxygens (including phenoxy) is 1. The van der Waals surface area contributed by atoms with Gasteiger partial charge in [-0.1, -0.05) is 0 Å². The van der Waals surface area contributed by atoms with E-state index in [4.69, 9.17) is 4.74 Å². The van der Waals surface area contributed by atoms with Gasteiger partial charge in [0.05, 0.1) is 0 Å². The van der Waals surface area contributed by atoms with Crippen LogP contribution in [0.1, 0.15) is 29.8 Å². The number of carbonyl (C=O) groups excluding carboxylic acids is 1. The molecule has 0 fully saturated rings. The van der Waals surface area contributed by atoms with Gasteiger partial charge in [-0.15, -0.1) is 0 Å². The third-order valence-electron chi connectivity index (χ3n) is 3.19. The van der Waals surface area contributed by atoms with E-state index in [0.29, 0.717) is 6.61 Å². The Kier molecular flexibility index (Phi) is 6.03. The second kappa shape index (κ2) is 8.02. The normalized spacial score (nSPS) is 11.9. The van der Waals surface area contributed by atoms with Gasteiger partial charge in [0.1, 0.15) is 0 Å². The van der Waals surface area contributed by atoms with E-state index in [1.807, 2.05) is 25.1 Å². The van der Waals surface area contributed by atoms with Crippen LogP contribution in [0.5, 0.6) is 0 Å². The third-order valence-corrected chi connectivity index (χ3v) is 5.80. The Balaban J connectivity index is 2.24. The zero-order valence-electron chi connectivity index (χ0n) is 12.4. The molecule has 0 spiro atoms. The van der Waals surface area contributed by atoms with Gasteiger partial charge in [0, 0.05) is 0 Å². The van der Waals surface area contributed by atoms with Crippen LogP contribution in [0.4, 0.5) is 0 Å². The predicted molar refractivity (Wildman–Crippen MR) is 87.0 cm³/mol. The van der Waals surface area contributed by atoms with Crippen LogP contribution in [-0.2, 0) is 16.0 Å². The fraction of sp³-hybridized carbons (Fsp3) is 0.278. The molecule has 21 heavy (non-hydrogen) atoms. The maximum absolute atomic E-state index is 12.3. The van der Waals surface area contributed by atoms with Gasteiger partial charge in [-0.25, -0.2) is 0 Å². The summed E-state index contributed by atoms with van der Waals surface area (Å²) in [5, 5.41) is 0. The Morgan fingerprint density at radius 1 is 1.05 bits per heavy atom. The number of benzene rings is 2. The molecular formula is C18H20O2Se. The summed E-state index contributed by atoms with van der Waals surface area (Å²) < 4.78 is 6.47. The van der Waals surface area contributed by atoms with Crippen molar-refractivity contribution in [3.05, 3.63) is 65.7 Å². The molecular weight excluding hydrogens is 327 g/mol.